The van der Waals surface area contributed by atoms with Gasteiger partial charge in [0, 0.05) is 12.6 Å². The normalized spacial score (nSPS) is 18.1. The molecule has 3 aromatic rings. The van der Waals surface area contributed by atoms with E-state index in [0.717, 1.165) is 23.9 Å². The molecule has 4 rings (SSSR count). The van der Waals surface area contributed by atoms with Crippen LogP contribution >= 0.6 is 11.3 Å². The smallest absolute Gasteiger partial charge is 0.352 e. The minimum Gasteiger partial charge on any atom is -0.376 e. The van der Waals surface area contributed by atoms with Gasteiger partial charge in [0.1, 0.15) is 11.2 Å². The molecule has 1 fully saturated rings. The first-order valence-electron chi connectivity index (χ1n) is 9.50. The zero-order chi connectivity index (χ0) is 19.8. The monoisotopic (exact) mass is 405 g/mol. The van der Waals surface area contributed by atoms with E-state index in [1.165, 1.54) is 20.3 Å². The highest BCUT2D eigenvalue weighted by atomic mass is 32.1. The molecule has 1 aliphatic rings. The number of hydrogen-bond acceptors (Lipinski definition) is 6. The van der Waals surface area contributed by atoms with Gasteiger partial charge in [0.25, 0.3) is 5.56 Å². The molecule has 2 unspecified atom stereocenters. The molecule has 1 N–H and O–H groups in total. The number of amides is 1. The molecule has 0 saturated carbocycles. The molecule has 0 aromatic carbocycles. The van der Waals surface area contributed by atoms with E-state index in [0.29, 0.717) is 23.4 Å². The molecule has 10 heteroatoms. The third-order valence-corrected chi connectivity index (χ3v) is 6.00. The zero-order valence-corrected chi connectivity index (χ0v) is 16.7. The molecule has 3 aromatic heterocycles. The third kappa shape index (κ3) is 3.26. The molecule has 1 amide bonds. The molecule has 1 aliphatic heterocycles. The number of nitrogens with one attached hydrogen (secondary N) is 1. The molecule has 28 heavy (non-hydrogen) atoms. The molecule has 9 nitrogen and oxygen atoms in total. The molecule has 150 valence electrons. The summed E-state index contributed by atoms with van der Waals surface area (Å²) < 4.78 is 10.2. The van der Waals surface area contributed by atoms with Crippen molar-refractivity contribution in [3.8, 4) is 0 Å². The molecule has 0 aliphatic carbocycles. The van der Waals surface area contributed by atoms with Gasteiger partial charge >= 0.3 is 5.69 Å². The third-order valence-electron chi connectivity index (χ3n) is 5.11. The second kappa shape index (κ2) is 7.51. The van der Waals surface area contributed by atoms with Gasteiger partial charge in [0.05, 0.1) is 18.2 Å². The van der Waals surface area contributed by atoms with Crippen LogP contribution in [0.15, 0.2) is 21.0 Å². The predicted octanol–water partition coefficient (Wildman–Crippen LogP) is 0.966. The fraction of sp³-hybridized carbons (Fsp3) is 0.556. The molecule has 0 bridgehead atoms. The number of aromatic nitrogens is 4. The Morgan fingerprint density at radius 3 is 3.00 bits per heavy atom. The van der Waals surface area contributed by atoms with Gasteiger partial charge in [-0.05, 0) is 37.6 Å². The van der Waals surface area contributed by atoms with E-state index < -0.39 is 5.69 Å². The fourth-order valence-corrected chi connectivity index (χ4v) is 4.28. The van der Waals surface area contributed by atoms with Crippen molar-refractivity contribution in [1.82, 2.24) is 24.1 Å². The van der Waals surface area contributed by atoms with E-state index in [1.807, 2.05) is 13.8 Å². The maximum Gasteiger partial charge on any atom is 0.352 e. The van der Waals surface area contributed by atoms with Crippen LogP contribution < -0.4 is 16.6 Å². The Labute approximate surface area is 164 Å². The molecule has 4 heterocycles. The molecule has 1 saturated heterocycles. The number of carbonyl (C=O) groups is 1. The predicted molar refractivity (Wildman–Crippen MR) is 106 cm³/mol. The van der Waals surface area contributed by atoms with E-state index >= 15 is 0 Å². The minimum atomic E-state index is -0.432. The van der Waals surface area contributed by atoms with Gasteiger partial charge in [-0.3, -0.25) is 14.2 Å². The van der Waals surface area contributed by atoms with Crippen molar-refractivity contribution in [3.05, 3.63) is 32.3 Å². The van der Waals surface area contributed by atoms with Crippen molar-refractivity contribution in [3.63, 3.8) is 0 Å². The van der Waals surface area contributed by atoms with Crippen LogP contribution in [-0.4, -0.2) is 43.4 Å². The molecule has 2 atom stereocenters. The number of hydrogen-bond donors (Lipinski definition) is 1. The van der Waals surface area contributed by atoms with Crippen LogP contribution in [0.1, 0.15) is 33.1 Å². The summed E-state index contributed by atoms with van der Waals surface area (Å²) in [4.78, 5) is 38.2. The Hall–Kier alpha value is -2.46. The molecular weight excluding hydrogens is 382 g/mol. The van der Waals surface area contributed by atoms with Crippen molar-refractivity contribution in [2.45, 2.75) is 58.3 Å². The number of rotatable bonds is 6. The highest BCUT2D eigenvalue weighted by Gasteiger charge is 2.23. The van der Waals surface area contributed by atoms with Gasteiger partial charge < -0.3 is 10.1 Å². The van der Waals surface area contributed by atoms with Gasteiger partial charge in [0.2, 0.25) is 11.7 Å². The summed E-state index contributed by atoms with van der Waals surface area (Å²) in [5, 5.41) is 8.95. The zero-order valence-electron chi connectivity index (χ0n) is 15.9. The van der Waals surface area contributed by atoms with E-state index in [1.54, 1.807) is 11.4 Å². The summed E-state index contributed by atoms with van der Waals surface area (Å²) in [5.41, 5.74) is -0.0971. The first-order chi connectivity index (χ1) is 13.5. The van der Waals surface area contributed by atoms with E-state index in [4.69, 9.17) is 4.74 Å². The first-order valence-corrected chi connectivity index (χ1v) is 10.4. The number of nitrogens with zero attached hydrogens (tertiary/aromatic N) is 4. The number of thiophene rings is 1. The van der Waals surface area contributed by atoms with Crippen molar-refractivity contribution in [2.75, 3.05) is 6.61 Å². The highest BCUT2D eigenvalue weighted by Crippen LogP contribution is 2.19. The van der Waals surface area contributed by atoms with Crippen LogP contribution in [0.5, 0.6) is 0 Å². The standard InChI is InChI=1S/C18H23N5O4S/c1-3-11(2)19-14(24)10-22-18(26)23-13-6-8-28-15(13)16(25)21(17(23)20-22)9-12-5-4-7-27-12/h6,8,11-12H,3-5,7,9-10H2,1-2H3,(H,19,24). The lowest BCUT2D eigenvalue weighted by Gasteiger charge is -2.12. The highest BCUT2D eigenvalue weighted by molar-refractivity contribution is 7.17. The second-order valence-electron chi connectivity index (χ2n) is 7.14. The summed E-state index contributed by atoms with van der Waals surface area (Å²) in [6, 6.07) is 1.75. The van der Waals surface area contributed by atoms with Crippen molar-refractivity contribution < 1.29 is 9.53 Å². The maximum absolute atomic E-state index is 13.0. The SMILES string of the molecule is CCC(C)NC(=O)Cn1nc2n(CC3CCCO3)c(=O)c3sccc3n2c1=O. The van der Waals surface area contributed by atoms with Gasteiger partial charge in [0.15, 0.2) is 0 Å². The maximum atomic E-state index is 13.0. The lowest BCUT2D eigenvalue weighted by Crippen LogP contribution is -2.37. The number of carbonyl (C=O) groups excluding carboxylic acids is 1. The Morgan fingerprint density at radius 2 is 2.29 bits per heavy atom. The Bertz CT molecular complexity index is 1130. The first kappa shape index (κ1) is 18.9. The molecule has 0 spiro atoms. The lowest BCUT2D eigenvalue weighted by atomic mass is 10.2. The van der Waals surface area contributed by atoms with Crippen molar-refractivity contribution >= 4 is 33.2 Å². The lowest BCUT2D eigenvalue weighted by molar-refractivity contribution is -0.122. The number of ether oxygens (including phenoxy) is 1. The summed E-state index contributed by atoms with van der Waals surface area (Å²) >= 11 is 1.29. The Kier molecular flexibility index (Phi) is 5.07. The summed E-state index contributed by atoms with van der Waals surface area (Å²) in [6.07, 6.45) is 2.53. The van der Waals surface area contributed by atoms with Gasteiger partial charge in [-0.25, -0.2) is 13.9 Å². The van der Waals surface area contributed by atoms with Crippen molar-refractivity contribution in [1.29, 1.82) is 0 Å². The number of fused-ring (bicyclic) bond motifs is 3. The van der Waals surface area contributed by atoms with Crippen LogP contribution in [-0.2, 0) is 22.6 Å². The molecule has 0 radical (unpaired) electrons. The summed E-state index contributed by atoms with van der Waals surface area (Å²) in [6.45, 7) is 4.70. The van der Waals surface area contributed by atoms with Crippen LogP contribution in [0, 0.1) is 0 Å². The van der Waals surface area contributed by atoms with E-state index in [2.05, 4.69) is 10.4 Å². The van der Waals surface area contributed by atoms with Gasteiger partial charge in [-0.15, -0.1) is 16.4 Å². The second-order valence-corrected chi connectivity index (χ2v) is 8.05. The largest absolute Gasteiger partial charge is 0.376 e. The average Bonchev–Trinajstić information content (AvgIpc) is 3.40. The summed E-state index contributed by atoms with van der Waals surface area (Å²) in [5.74, 6) is -0.0396. The quantitative estimate of drug-likeness (QED) is 0.659. The Balaban J connectivity index is 1.81. The Morgan fingerprint density at radius 1 is 1.46 bits per heavy atom. The topological polar surface area (TPSA) is 99.6 Å². The van der Waals surface area contributed by atoms with Gasteiger partial charge in [-0.1, -0.05) is 6.92 Å². The molecular formula is C18H23N5O4S. The van der Waals surface area contributed by atoms with E-state index in [9.17, 15) is 14.4 Å². The van der Waals surface area contributed by atoms with Crippen molar-refractivity contribution in [2.24, 2.45) is 0 Å². The van der Waals surface area contributed by atoms with Crippen LogP contribution in [0.25, 0.3) is 16.0 Å². The fourth-order valence-electron chi connectivity index (χ4n) is 3.45. The van der Waals surface area contributed by atoms with E-state index in [-0.39, 0.29) is 35.9 Å². The van der Waals surface area contributed by atoms with Crippen LogP contribution in [0.4, 0.5) is 0 Å². The van der Waals surface area contributed by atoms with Crippen LogP contribution in [0.2, 0.25) is 0 Å². The van der Waals surface area contributed by atoms with Gasteiger partial charge in [-0.2, -0.15) is 0 Å². The average molecular weight is 405 g/mol. The minimum absolute atomic E-state index is 0.0153. The summed E-state index contributed by atoms with van der Waals surface area (Å²) in [7, 11) is 0. The van der Waals surface area contributed by atoms with Crippen LogP contribution in [0.3, 0.4) is 0 Å².